The molecule has 0 spiro atoms. The minimum Gasteiger partial charge on any atom is -0.484 e. The molecule has 0 atom stereocenters. The summed E-state index contributed by atoms with van der Waals surface area (Å²) in [6.45, 7) is 2.57. The monoisotopic (exact) mass is 380 g/mol. The van der Waals surface area contributed by atoms with Crippen molar-refractivity contribution < 1.29 is 9.53 Å². The summed E-state index contributed by atoms with van der Waals surface area (Å²) in [5.41, 5.74) is 3.82. The van der Waals surface area contributed by atoms with Gasteiger partial charge in [0.25, 0.3) is 5.91 Å². The molecule has 3 aromatic rings. The van der Waals surface area contributed by atoms with E-state index < -0.39 is 0 Å². The number of carbonyl (C=O) groups is 1. The molecule has 0 bridgehead atoms. The minimum atomic E-state index is -0.232. The van der Waals surface area contributed by atoms with Crippen LogP contribution in [0.2, 0.25) is 5.02 Å². The molecule has 3 rings (SSSR count). The predicted molar refractivity (Wildman–Crippen MR) is 111 cm³/mol. The second-order valence-electron chi connectivity index (χ2n) is 6.16. The van der Waals surface area contributed by atoms with Crippen molar-refractivity contribution in [2.45, 2.75) is 13.5 Å². The summed E-state index contributed by atoms with van der Waals surface area (Å²) in [4.78, 5) is 12.0. The number of benzene rings is 3. The first-order valence-corrected chi connectivity index (χ1v) is 9.04. The lowest BCUT2D eigenvalue weighted by Crippen LogP contribution is -2.20. The van der Waals surface area contributed by atoms with Crippen LogP contribution in [0.1, 0.15) is 11.1 Å². The largest absolute Gasteiger partial charge is 0.484 e. The van der Waals surface area contributed by atoms with Gasteiger partial charge in [0.1, 0.15) is 5.75 Å². The number of halogens is 1. The molecule has 0 aliphatic carbocycles. The van der Waals surface area contributed by atoms with Crippen molar-refractivity contribution in [1.29, 1.82) is 0 Å². The van der Waals surface area contributed by atoms with Gasteiger partial charge >= 0.3 is 0 Å². The molecule has 4 nitrogen and oxygen atoms in total. The van der Waals surface area contributed by atoms with E-state index in [0.29, 0.717) is 16.5 Å². The van der Waals surface area contributed by atoms with Crippen molar-refractivity contribution in [3.05, 3.63) is 88.9 Å². The van der Waals surface area contributed by atoms with E-state index in [1.165, 1.54) is 0 Å². The highest BCUT2D eigenvalue weighted by molar-refractivity contribution is 6.31. The van der Waals surface area contributed by atoms with Gasteiger partial charge in [-0.25, -0.2) is 0 Å². The number of aryl methyl sites for hydroxylation is 1. The van der Waals surface area contributed by atoms with Gasteiger partial charge in [0.05, 0.1) is 0 Å². The first kappa shape index (κ1) is 18.8. The van der Waals surface area contributed by atoms with Gasteiger partial charge in [0, 0.05) is 22.9 Å². The number of rotatable bonds is 7. The summed E-state index contributed by atoms with van der Waals surface area (Å²) in [5, 5.41) is 6.74. The fraction of sp³-hybridized carbons (Fsp3) is 0.136. The van der Waals surface area contributed by atoms with Gasteiger partial charge in [-0.1, -0.05) is 48.0 Å². The van der Waals surface area contributed by atoms with Crippen LogP contribution in [0.25, 0.3) is 0 Å². The third-order valence-electron chi connectivity index (χ3n) is 4.02. The molecule has 1 amide bonds. The first-order chi connectivity index (χ1) is 13.1. The van der Waals surface area contributed by atoms with E-state index >= 15 is 0 Å². The normalized spacial score (nSPS) is 10.3. The van der Waals surface area contributed by atoms with Crippen LogP contribution in [0.5, 0.6) is 5.75 Å². The molecule has 0 heterocycles. The fourth-order valence-electron chi connectivity index (χ4n) is 2.48. The highest BCUT2D eigenvalue weighted by Crippen LogP contribution is 2.20. The number of amides is 1. The Bertz CT molecular complexity index is 896. The average Bonchev–Trinajstić information content (AvgIpc) is 2.69. The first-order valence-electron chi connectivity index (χ1n) is 8.67. The van der Waals surface area contributed by atoms with Gasteiger partial charge < -0.3 is 15.4 Å². The highest BCUT2D eigenvalue weighted by atomic mass is 35.5. The van der Waals surface area contributed by atoms with Crippen molar-refractivity contribution >= 4 is 28.9 Å². The number of hydrogen-bond donors (Lipinski definition) is 2. The van der Waals surface area contributed by atoms with Gasteiger partial charge in [-0.3, -0.25) is 4.79 Å². The van der Waals surface area contributed by atoms with E-state index in [2.05, 4.69) is 10.6 Å². The van der Waals surface area contributed by atoms with Crippen LogP contribution in [-0.2, 0) is 11.3 Å². The molecule has 0 aromatic heterocycles. The fourth-order valence-corrected chi connectivity index (χ4v) is 2.66. The molecular weight excluding hydrogens is 360 g/mol. The van der Waals surface area contributed by atoms with Crippen LogP contribution in [0.4, 0.5) is 11.4 Å². The Morgan fingerprint density at radius 1 is 0.963 bits per heavy atom. The minimum absolute atomic E-state index is 0.0624. The summed E-state index contributed by atoms with van der Waals surface area (Å²) in [5.74, 6) is 0.417. The van der Waals surface area contributed by atoms with Crippen LogP contribution < -0.4 is 15.4 Å². The van der Waals surface area contributed by atoms with Crippen molar-refractivity contribution in [2.75, 3.05) is 17.2 Å². The maximum absolute atomic E-state index is 12.0. The van der Waals surface area contributed by atoms with Gasteiger partial charge in [-0.15, -0.1) is 0 Å². The molecule has 0 radical (unpaired) electrons. The highest BCUT2D eigenvalue weighted by Gasteiger charge is 2.05. The molecular formula is C22H21ClN2O2. The summed E-state index contributed by atoms with van der Waals surface area (Å²) < 4.78 is 5.55. The Labute approximate surface area is 164 Å². The third-order valence-corrected chi connectivity index (χ3v) is 4.43. The van der Waals surface area contributed by atoms with Gasteiger partial charge in [-0.2, -0.15) is 0 Å². The summed E-state index contributed by atoms with van der Waals surface area (Å²) >= 11 is 6.06. The maximum atomic E-state index is 12.0. The molecule has 3 aromatic carbocycles. The number of nitrogens with one attached hydrogen (secondary N) is 2. The summed E-state index contributed by atoms with van der Waals surface area (Å²) in [6, 6.07) is 23.1. The van der Waals surface area contributed by atoms with Crippen LogP contribution >= 0.6 is 11.6 Å². The van der Waals surface area contributed by atoms with Crippen LogP contribution in [-0.4, -0.2) is 12.5 Å². The van der Waals surface area contributed by atoms with E-state index in [9.17, 15) is 4.79 Å². The molecule has 0 saturated carbocycles. The average molecular weight is 381 g/mol. The van der Waals surface area contributed by atoms with E-state index in [1.807, 2.05) is 73.7 Å². The van der Waals surface area contributed by atoms with Crippen molar-refractivity contribution in [3.8, 4) is 5.75 Å². The summed E-state index contributed by atoms with van der Waals surface area (Å²) in [6.07, 6.45) is 0. The van der Waals surface area contributed by atoms with E-state index in [4.69, 9.17) is 16.3 Å². The number of para-hydroxylation sites is 1. The zero-order chi connectivity index (χ0) is 19.1. The molecule has 0 unspecified atom stereocenters. The Kier molecular flexibility index (Phi) is 6.34. The van der Waals surface area contributed by atoms with Crippen LogP contribution in [0.15, 0.2) is 72.8 Å². The van der Waals surface area contributed by atoms with E-state index in [0.717, 1.165) is 23.4 Å². The zero-order valence-electron chi connectivity index (χ0n) is 15.0. The number of hydrogen-bond acceptors (Lipinski definition) is 3. The zero-order valence-corrected chi connectivity index (χ0v) is 15.8. The number of ether oxygens (including phenoxy) is 1. The second-order valence-corrected chi connectivity index (χ2v) is 6.57. The molecule has 138 valence electrons. The molecule has 5 heteroatoms. The van der Waals surface area contributed by atoms with Gasteiger partial charge in [-0.05, 0) is 54.4 Å². The van der Waals surface area contributed by atoms with Crippen LogP contribution in [0.3, 0.4) is 0 Å². The maximum Gasteiger partial charge on any atom is 0.262 e. The van der Waals surface area contributed by atoms with Crippen molar-refractivity contribution in [1.82, 2.24) is 0 Å². The number of anilines is 2. The Hall–Kier alpha value is -2.98. The van der Waals surface area contributed by atoms with E-state index in [-0.39, 0.29) is 12.5 Å². The van der Waals surface area contributed by atoms with Crippen LogP contribution in [0, 0.1) is 6.92 Å². The smallest absolute Gasteiger partial charge is 0.262 e. The summed E-state index contributed by atoms with van der Waals surface area (Å²) in [7, 11) is 0. The standard InChI is InChI=1S/C22H21ClN2O2/c1-16-7-10-19(13-21(16)23)25-22(26)15-27-20-11-8-17(9-12-20)14-24-18-5-3-2-4-6-18/h2-13,24H,14-15H2,1H3,(H,25,26). The Morgan fingerprint density at radius 3 is 2.41 bits per heavy atom. The number of carbonyl (C=O) groups excluding carboxylic acids is 1. The molecule has 27 heavy (non-hydrogen) atoms. The molecule has 0 aliphatic heterocycles. The molecule has 2 N–H and O–H groups in total. The Balaban J connectivity index is 1.46. The van der Waals surface area contributed by atoms with Crippen molar-refractivity contribution in [2.24, 2.45) is 0 Å². The molecule has 0 saturated heterocycles. The lowest BCUT2D eigenvalue weighted by molar-refractivity contribution is -0.118. The topological polar surface area (TPSA) is 50.4 Å². The quantitative estimate of drug-likeness (QED) is 0.586. The van der Waals surface area contributed by atoms with Gasteiger partial charge in [0.2, 0.25) is 0 Å². The lowest BCUT2D eigenvalue weighted by Gasteiger charge is -2.10. The second kappa shape index (κ2) is 9.10. The van der Waals surface area contributed by atoms with Crippen molar-refractivity contribution in [3.63, 3.8) is 0 Å². The predicted octanol–water partition coefficient (Wildman–Crippen LogP) is 5.28. The SMILES string of the molecule is Cc1ccc(NC(=O)COc2ccc(CNc3ccccc3)cc2)cc1Cl. The third kappa shape index (κ3) is 5.76. The molecule has 0 aliphatic rings. The van der Waals surface area contributed by atoms with E-state index in [1.54, 1.807) is 6.07 Å². The molecule has 0 fully saturated rings. The Morgan fingerprint density at radius 2 is 1.70 bits per heavy atom. The van der Waals surface area contributed by atoms with Gasteiger partial charge in [0.15, 0.2) is 6.61 Å². The lowest BCUT2D eigenvalue weighted by atomic mass is 10.2.